The van der Waals surface area contributed by atoms with E-state index in [0.717, 1.165) is 12.8 Å². The number of hydrogen-bond acceptors (Lipinski definition) is 3. The quantitative estimate of drug-likeness (QED) is 0.542. The molecule has 0 aromatic heterocycles. The molecular weight excluding hydrogens is 198 g/mol. The third-order valence-corrected chi connectivity index (χ3v) is 2.29. The molecule has 0 amide bonds. The van der Waals surface area contributed by atoms with Gasteiger partial charge in [0.1, 0.15) is 0 Å². The first-order chi connectivity index (χ1) is 6.57. The summed E-state index contributed by atoms with van der Waals surface area (Å²) in [7, 11) is 0. The number of aliphatic carboxylic acids is 2. The summed E-state index contributed by atoms with van der Waals surface area (Å²) in [6, 6.07) is 0. The molecule has 0 saturated carbocycles. The molecule has 15 heavy (non-hydrogen) atoms. The van der Waals surface area contributed by atoms with Gasteiger partial charge in [-0.25, -0.2) is 0 Å². The standard InChI is InChI=1S/C10H18O4.H3N/c1-2-8(10(13)14)6-4-3-5-7-9(11)12;/h8H,2-7H2,1H3,(H,11,12)(H,13,14);1H3. The molecule has 0 aliphatic heterocycles. The smallest absolute Gasteiger partial charge is 0.306 e. The summed E-state index contributed by atoms with van der Waals surface area (Å²) in [6.45, 7) is 1.86. The van der Waals surface area contributed by atoms with Crippen LogP contribution < -0.4 is 6.15 Å². The van der Waals surface area contributed by atoms with Crippen LogP contribution in [0.3, 0.4) is 0 Å². The molecule has 5 N–H and O–H groups in total. The molecule has 0 spiro atoms. The molecule has 0 aliphatic carbocycles. The summed E-state index contributed by atoms with van der Waals surface area (Å²) in [5.41, 5.74) is 0. The zero-order valence-electron chi connectivity index (χ0n) is 9.24. The van der Waals surface area contributed by atoms with Crippen molar-refractivity contribution in [3.05, 3.63) is 0 Å². The molecule has 0 fully saturated rings. The molecule has 0 bridgehead atoms. The number of carbonyl (C=O) groups is 2. The fourth-order valence-electron chi connectivity index (χ4n) is 1.35. The SMILES string of the molecule is CCC(CCCCCC(=O)O)C(=O)O.N. The third-order valence-electron chi connectivity index (χ3n) is 2.29. The Morgan fingerprint density at radius 3 is 2.13 bits per heavy atom. The van der Waals surface area contributed by atoms with Crippen LogP contribution in [-0.4, -0.2) is 22.2 Å². The summed E-state index contributed by atoms with van der Waals surface area (Å²) in [5.74, 6) is -1.79. The van der Waals surface area contributed by atoms with Crippen molar-refractivity contribution in [1.29, 1.82) is 0 Å². The van der Waals surface area contributed by atoms with Gasteiger partial charge < -0.3 is 16.4 Å². The summed E-state index contributed by atoms with van der Waals surface area (Å²) >= 11 is 0. The number of carboxylic acid groups (broad SMARTS) is 2. The van der Waals surface area contributed by atoms with E-state index in [0.29, 0.717) is 19.3 Å². The van der Waals surface area contributed by atoms with Crippen molar-refractivity contribution in [2.24, 2.45) is 5.92 Å². The maximum Gasteiger partial charge on any atom is 0.306 e. The second-order valence-electron chi connectivity index (χ2n) is 3.44. The fraction of sp³-hybridized carbons (Fsp3) is 0.800. The van der Waals surface area contributed by atoms with E-state index in [9.17, 15) is 9.59 Å². The molecule has 0 aromatic rings. The van der Waals surface area contributed by atoms with E-state index in [2.05, 4.69) is 0 Å². The molecule has 1 atom stereocenters. The van der Waals surface area contributed by atoms with Crippen molar-refractivity contribution in [1.82, 2.24) is 6.15 Å². The fourth-order valence-corrected chi connectivity index (χ4v) is 1.35. The van der Waals surface area contributed by atoms with E-state index < -0.39 is 11.9 Å². The molecule has 90 valence electrons. The van der Waals surface area contributed by atoms with Gasteiger partial charge in [-0.3, -0.25) is 9.59 Å². The lowest BCUT2D eigenvalue weighted by atomic mass is 9.98. The molecule has 0 saturated heterocycles. The molecule has 0 heterocycles. The lowest BCUT2D eigenvalue weighted by molar-refractivity contribution is -0.142. The molecule has 0 rings (SSSR count). The Bertz CT molecular complexity index is 194. The largest absolute Gasteiger partial charge is 0.481 e. The summed E-state index contributed by atoms with van der Waals surface area (Å²) in [5, 5.41) is 17.1. The number of rotatable bonds is 8. The Kier molecular flexibility index (Phi) is 10.3. The molecule has 0 radical (unpaired) electrons. The topological polar surface area (TPSA) is 110 Å². The number of unbranched alkanes of at least 4 members (excludes halogenated alkanes) is 2. The monoisotopic (exact) mass is 219 g/mol. The maximum atomic E-state index is 10.6. The minimum atomic E-state index is -0.782. The summed E-state index contributed by atoms with van der Waals surface area (Å²) < 4.78 is 0. The van der Waals surface area contributed by atoms with E-state index in [1.807, 2.05) is 6.92 Å². The predicted octanol–water partition coefficient (Wildman–Crippen LogP) is 2.29. The molecule has 5 heteroatoms. The highest BCUT2D eigenvalue weighted by atomic mass is 16.4. The molecule has 5 nitrogen and oxygen atoms in total. The van der Waals surface area contributed by atoms with Crippen LogP contribution in [0.5, 0.6) is 0 Å². The van der Waals surface area contributed by atoms with Gasteiger partial charge in [0.15, 0.2) is 0 Å². The minimum absolute atomic E-state index is 0. The zero-order chi connectivity index (χ0) is 11.0. The van der Waals surface area contributed by atoms with Crippen molar-refractivity contribution in [2.75, 3.05) is 0 Å². The molecule has 0 aliphatic rings. The third kappa shape index (κ3) is 9.21. The van der Waals surface area contributed by atoms with E-state index >= 15 is 0 Å². The molecule has 0 aromatic carbocycles. The van der Waals surface area contributed by atoms with E-state index in [-0.39, 0.29) is 18.5 Å². The van der Waals surface area contributed by atoms with Crippen LogP contribution in [-0.2, 0) is 9.59 Å². The maximum absolute atomic E-state index is 10.6. The second-order valence-corrected chi connectivity index (χ2v) is 3.44. The Hall–Kier alpha value is -1.10. The highest BCUT2D eigenvalue weighted by Crippen LogP contribution is 2.14. The van der Waals surface area contributed by atoms with Crippen LogP contribution in [0.4, 0.5) is 0 Å². The van der Waals surface area contributed by atoms with Gasteiger partial charge in [-0.05, 0) is 19.3 Å². The van der Waals surface area contributed by atoms with Gasteiger partial charge in [0, 0.05) is 6.42 Å². The van der Waals surface area contributed by atoms with Crippen LogP contribution in [0.25, 0.3) is 0 Å². The first-order valence-corrected chi connectivity index (χ1v) is 5.02. The average Bonchev–Trinajstić information content (AvgIpc) is 2.10. The van der Waals surface area contributed by atoms with Gasteiger partial charge in [0.25, 0.3) is 0 Å². The van der Waals surface area contributed by atoms with Gasteiger partial charge in [0.2, 0.25) is 0 Å². The Morgan fingerprint density at radius 2 is 1.73 bits per heavy atom. The lowest BCUT2D eigenvalue weighted by Gasteiger charge is -2.08. The van der Waals surface area contributed by atoms with E-state index in [4.69, 9.17) is 10.2 Å². The van der Waals surface area contributed by atoms with Crippen molar-refractivity contribution in [3.8, 4) is 0 Å². The van der Waals surface area contributed by atoms with Gasteiger partial charge in [-0.1, -0.05) is 19.8 Å². The molecular formula is C10H21NO4. The van der Waals surface area contributed by atoms with Gasteiger partial charge in [0.05, 0.1) is 5.92 Å². The van der Waals surface area contributed by atoms with Crippen molar-refractivity contribution >= 4 is 11.9 Å². The minimum Gasteiger partial charge on any atom is -0.481 e. The number of carboxylic acids is 2. The second kappa shape index (κ2) is 9.45. The van der Waals surface area contributed by atoms with E-state index in [1.165, 1.54) is 0 Å². The Balaban J connectivity index is 0. The predicted molar refractivity (Wildman–Crippen MR) is 57.2 cm³/mol. The Labute approximate surface area is 90.1 Å². The van der Waals surface area contributed by atoms with Crippen LogP contribution in [0.15, 0.2) is 0 Å². The Morgan fingerprint density at radius 1 is 1.13 bits per heavy atom. The normalized spacial score (nSPS) is 11.5. The van der Waals surface area contributed by atoms with Crippen LogP contribution in [0, 0.1) is 5.92 Å². The van der Waals surface area contributed by atoms with Gasteiger partial charge in [-0.15, -0.1) is 0 Å². The van der Waals surface area contributed by atoms with E-state index in [1.54, 1.807) is 0 Å². The lowest BCUT2D eigenvalue weighted by Crippen LogP contribution is -2.12. The van der Waals surface area contributed by atoms with Crippen molar-refractivity contribution < 1.29 is 19.8 Å². The van der Waals surface area contributed by atoms with Crippen LogP contribution in [0.1, 0.15) is 45.4 Å². The average molecular weight is 219 g/mol. The van der Waals surface area contributed by atoms with Crippen molar-refractivity contribution in [2.45, 2.75) is 45.4 Å². The van der Waals surface area contributed by atoms with Crippen molar-refractivity contribution in [3.63, 3.8) is 0 Å². The highest BCUT2D eigenvalue weighted by Gasteiger charge is 2.13. The first-order valence-electron chi connectivity index (χ1n) is 5.02. The zero-order valence-corrected chi connectivity index (χ0v) is 9.24. The summed E-state index contributed by atoms with van der Waals surface area (Å²) in [4.78, 5) is 20.8. The molecule has 1 unspecified atom stereocenters. The highest BCUT2D eigenvalue weighted by molar-refractivity contribution is 5.69. The van der Waals surface area contributed by atoms with Gasteiger partial charge >= 0.3 is 11.9 Å². The van der Waals surface area contributed by atoms with Gasteiger partial charge in [-0.2, -0.15) is 0 Å². The number of hydrogen-bond donors (Lipinski definition) is 3. The van der Waals surface area contributed by atoms with Crippen LogP contribution >= 0.6 is 0 Å². The first kappa shape index (κ1) is 16.3. The van der Waals surface area contributed by atoms with Crippen LogP contribution in [0.2, 0.25) is 0 Å². The summed E-state index contributed by atoms with van der Waals surface area (Å²) in [6.07, 6.45) is 3.74.